The molecule has 0 bridgehead atoms. The summed E-state index contributed by atoms with van der Waals surface area (Å²) in [7, 11) is 0. The second kappa shape index (κ2) is 10.7. The van der Waals surface area contributed by atoms with Gasteiger partial charge in [0.05, 0.1) is 5.41 Å². The van der Waals surface area contributed by atoms with Gasteiger partial charge in [-0.1, -0.05) is 79.9 Å². The van der Waals surface area contributed by atoms with Gasteiger partial charge in [0.2, 0.25) is 5.91 Å². The summed E-state index contributed by atoms with van der Waals surface area (Å²) in [6.07, 6.45) is 6.52. The van der Waals surface area contributed by atoms with Crippen LogP contribution in [-0.2, 0) is 22.4 Å². The van der Waals surface area contributed by atoms with E-state index in [1.807, 2.05) is 48.5 Å². The molecule has 2 aromatic rings. The van der Waals surface area contributed by atoms with E-state index in [0.29, 0.717) is 0 Å². The largest absolute Gasteiger partial charge is 0.480 e. The smallest absolute Gasteiger partial charge is 0.326 e. The summed E-state index contributed by atoms with van der Waals surface area (Å²) in [5.41, 5.74) is 1.52. The first-order valence-corrected chi connectivity index (χ1v) is 11.3. The van der Waals surface area contributed by atoms with Crippen molar-refractivity contribution in [3.63, 3.8) is 0 Å². The predicted molar refractivity (Wildman–Crippen MR) is 123 cm³/mol. The Labute approximate surface area is 184 Å². The van der Waals surface area contributed by atoms with Gasteiger partial charge in [-0.2, -0.15) is 12.6 Å². The normalized spacial score (nSPS) is 17.6. The van der Waals surface area contributed by atoms with Crippen LogP contribution >= 0.6 is 12.6 Å². The van der Waals surface area contributed by atoms with Crippen LogP contribution < -0.4 is 5.32 Å². The lowest BCUT2D eigenvalue weighted by Crippen LogP contribution is -2.53. The number of carboxylic acid groups (broad SMARTS) is 1. The number of aliphatic carboxylic acids is 1. The molecular weight excluding hydrogens is 394 g/mol. The Balaban J connectivity index is 1.72. The van der Waals surface area contributed by atoms with Crippen molar-refractivity contribution in [3.8, 4) is 0 Å². The topological polar surface area (TPSA) is 66.4 Å². The molecule has 30 heavy (non-hydrogen) atoms. The lowest BCUT2D eigenvalue weighted by Gasteiger charge is -2.41. The Morgan fingerprint density at radius 3 is 2.07 bits per heavy atom. The van der Waals surface area contributed by atoms with Crippen LogP contribution in [-0.4, -0.2) is 28.3 Å². The Morgan fingerprint density at radius 1 is 0.933 bits per heavy atom. The number of aryl methyl sites for hydroxylation is 1. The van der Waals surface area contributed by atoms with E-state index in [-0.39, 0.29) is 17.6 Å². The van der Waals surface area contributed by atoms with Crippen molar-refractivity contribution < 1.29 is 14.7 Å². The molecule has 1 aliphatic rings. The van der Waals surface area contributed by atoms with Crippen LogP contribution in [0.4, 0.5) is 0 Å². The summed E-state index contributed by atoms with van der Waals surface area (Å²) in [4.78, 5) is 25.3. The number of nitrogens with one attached hydrogen (secondary N) is 1. The summed E-state index contributed by atoms with van der Waals surface area (Å²) in [6.45, 7) is 0. The van der Waals surface area contributed by atoms with E-state index < -0.39 is 17.4 Å². The quantitative estimate of drug-likeness (QED) is 0.511. The molecule has 0 aromatic heterocycles. The third-order valence-electron chi connectivity index (χ3n) is 6.27. The van der Waals surface area contributed by atoms with Gasteiger partial charge in [0, 0.05) is 11.7 Å². The number of hydrogen-bond donors (Lipinski definition) is 3. The molecule has 2 aromatic carbocycles. The number of rotatable bonds is 9. The SMILES string of the molecule is O=C(O)C(Cc1ccccc1)NC(=O)C1([C@@H](S)CCc2ccccc2)CCCCC1. The number of benzene rings is 2. The highest BCUT2D eigenvalue weighted by molar-refractivity contribution is 7.81. The van der Waals surface area contributed by atoms with Crippen molar-refractivity contribution in [2.45, 2.75) is 62.7 Å². The number of carbonyl (C=O) groups excluding carboxylic acids is 1. The molecular formula is C25H31NO3S. The summed E-state index contributed by atoms with van der Waals surface area (Å²) < 4.78 is 0. The van der Waals surface area contributed by atoms with Crippen LogP contribution in [0.5, 0.6) is 0 Å². The molecule has 1 fully saturated rings. The van der Waals surface area contributed by atoms with Crippen LogP contribution in [0.15, 0.2) is 60.7 Å². The summed E-state index contributed by atoms with van der Waals surface area (Å²) >= 11 is 4.89. The highest BCUT2D eigenvalue weighted by Gasteiger charge is 2.45. The first kappa shape index (κ1) is 22.4. The first-order chi connectivity index (χ1) is 14.5. The lowest BCUT2D eigenvalue weighted by molar-refractivity contribution is -0.144. The van der Waals surface area contributed by atoms with Crippen molar-refractivity contribution in [1.29, 1.82) is 0 Å². The standard InChI is InChI=1S/C25H31NO3S/c27-23(28)21(18-20-12-6-2-7-13-20)26-24(29)25(16-8-3-9-17-25)22(30)15-14-19-10-4-1-5-11-19/h1-2,4-7,10-13,21-22,30H,3,8-9,14-18H2,(H,26,29)(H,27,28)/t21?,22-/m0/s1. The molecule has 4 nitrogen and oxygen atoms in total. The average Bonchev–Trinajstić information content (AvgIpc) is 2.78. The number of carboxylic acids is 1. The lowest BCUT2D eigenvalue weighted by atomic mass is 9.69. The molecule has 1 aliphatic carbocycles. The van der Waals surface area contributed by atoms with E-state index in [1.54, 1.807) is 0 Å². The molecule has 1 unspecified atom stereocenters. The van der Waals surface area contributed by atoms with Crippen LogP contribution in [0.3, 0.4) is 0 Å². The van der Waals surface area contributed by atoms with Crippen LogP contribution in [0.2, 0.25) is 0 Å². The van der Waals surface area contributed by atoms with Gasteiger partial charge in [-0.3, -0.25) is 4.79 Å². The number of thiol groups is 1. The molecule has 2 N–H and O–H groups in total. The third kappa shape index (κ3) is 5.66. The van der Waals surface area contributed by atoms with E-state index in [0.717, 1.165) is 50.5 Å². The van der Waals surface area contributed by atoms with Gasteiger partial charge in [-0.25, -0.2) is 4.79 Å². The molecule has 3 rings (SSSR count). The van der Waals surface area contributed by atoms with Crippen molar-refractivity contribution in [3.05, 3.63) is 71.8 Å². The minimum atomic E-state index is -1.00. The molecule has 0 aliphatic heterocycles. The summed E-state index contributed by atoms with van der Waals surface area (Å²) in [5.74, 6) is -1.16. The van der Waals surface area contributed by atoms with E-state index in [9.17, 15) is 14.7 Å². The van der Waals surface area contributed by atoms with Crippen molar-refractivity contribution in [2.75, 3.05) is 0 Å². The minimum Gasteiger partial charge on any atom is -0.480 e. The highest BCUT2D eigenvalue weighted by Crippen LogP contribution is 2.43. The van der Waals surface area contributed by atoms with E-state index in [4.69, 9.17) is 12.6 Å². The molecule has 160 valence electrons. The van der Waals surface area contributed by atoms with Gasteiger partial charge in [-0.05, 0) is 36.8 Å². The zero-order chi connectivity index (χ0) is 21.4. The predicted octanol–water partition coefficient (Wildman–Crippen LogP) is 4.68. The number of amides is 1. The third-order valence-corrected chi connectivity index (χ3v) is 7.02. The second-order valence-corrected chi connectivity index (χ2v) is 8.93. The Morgan fingerprint density at radius 2 is 1.50 bits per heavy atom. The van der Waals surface area contributed by atoms with Crippen molar-refractivity contribution in [2.24, 2.45) is 5.41 Å². The molecule has 1 saturated carbocycles. The highest BCUT2D eigenvalue weighted by atomic mass is 32.1. The number of hydrogen-bond acceptors (Lipinski definition) is 3. The second-order valence-electron chi connectivity index (χ2n) is 8.31. The van der Waals surface area contributed by atoms with Crippen molar-refractivity contribution in [1.82, 2.24) is 5.32 Å². The van der Waals surface area contributed by atoms with Gasteiger partial charge in [0.25, 0.3) is 0 Å². The molecule has 0 heterocycles. The van der Waals surface area contributed by atoms with E-state index >= 15 is 0 Å². The molecule has 0 spiro atoms. The van der Waals surface area contributed by atoms with Crippen molar-refractivity contribution >= 4 is 24.5 Å². The maximum absolute atomic E-state index is 13.5. The zero-order valence-corrected chi connectivity index (χ0v) is 18.2. The van der Waals surface area contributed by atoms with Gasteiger partial charge in [-0.15, -0.1) is 0 Å². The first-order valence-electron chi connectivity index (χ1n) is 10.8. The maximum Gasteiger partial charge on any atom is 0.326 e. The fraction of sp³-hybridized carbons (Fsp3) is 0.440. The fourth-order valence-corrected chi connectivity index (χ4v) is 4.98. The Bertz CT molecular complexity index is 819. The monoisotopic (exact) mass is 425 g/mol. The van der Waals surface area contributed by atoms with E-state index in [1.165, 1.54) is 5.56 Å². The minimum absolute atomic E-state index is 0.107. The van der Waals surface area contributed by atoms with Crippen LogP contribution in [0, 0.1) is 5.41 Å². The van der Waals surface area contributed by atoms with Crippen LogP contribution in [0.1, 0.15) is 49.7 Å². The number of carbonyl (C=O) groups is 2. The molecule has 1 amide bonds. The summed E-state index contributed by atoms with van der Waals surface area (Å²) in [6, 6.07) is 18.7. The van der Waals surface area contributed by atoms with Crippen LogP contribution in [0.25, 0.3) is 0 Å². The molecule has 0 radical (unpaired) electrons. The van der Waals surface area contributed by atoms with E-state index in [2.05, 4.69) is 17.4 Å². The zero-order valence-electron chi connectivity index (χ0n) is 17.3. The molecule has 2 atom stereocenters. The Kier molecular flexibility index (Phi) is 7.97. The van der Waals surface area contributed by atoms with Gasteiger partial charge < -0.3 is 10.4 Å². The van der Waals surface area contributed by atoms with Gasteiger partial charge in [0.15, 0.2) is 0 Å². The summed E-state index contributed by atoms with van der Waals surface area (Å²) in [5, 5.41) is 12.5. The maximum atomic E-state index is 13.5. The average molecular weight is 426 g/mol. The Hall–Kier alpha value is -2.27. The fourth-order valence-electron chi connectivity index (χ4n) is 4.47. The molecule has 5 heteroatoms. The van der Waals surface area contributed by atoms with Gasteiger partial charge >= 0.3 is 5.97 Å². The van der Waals surface area contributed by atoms with Gasteiger partial charge in [0.1, 0.15) is 6.04 Å². The molecule has 0 saturated heterocycles.